The maximum absolute atomic E-state index is 12.8. The van der Waals surface area contributed by atoms with Crippen molar-refractivity contribution < 1.29 is 18.3 Å². The number of nitrogens with zero attached hydrogens (tertiary/aromatic N) is 2. The van der Waals surface area contributed by atoms with E-state index in [1.165, 1.54) is 12.3 Å². The van der Waals surface area contributed by atoms with Crippen molar-refractivity contribution >= 4 is 6.08 Å². The fourth-order valence-electron chi connectivity index (χ4n) is 0.839. The van der Waals surface area contributed by atoms with Crippen LogP contribution in [-0.2, 0) is 9.53 Å². The minimum atomic E-state index is -1.49. The molecule has 0 saturated heterocycles. The molecule has 0 aromatic rings. The van der Waals surface area contributed by atoms with Crippen LogP contribution in [0.25, 0.3) is 0 Å². The van der Waals surface area contributed by atoms with E-state index in [-0.39, 0.29) is 26.0 Å². The zero-order chi connectivity index (χ0) is 10.8. The van der Waals surface area contributed by atoms with Crippen molar-refractivity contribution in [3.8, 4) is 6.26 Å². The van der Waals surface area contributed by atoms with Crippen LogP contribution in [-0.4, -0.2) is 31.6 Å². The van der Waals surface area contributed by atoms with Crippen LogP contribution in [0.1, 0.15) is 12.8 Å². The van der Waals surface area contributed by atoms with E-state index in [1.54, 1.807) is 0 Å². The Kier molecular flexibility index (Phi) is 7.29. The number of carbonyl (C=O) groups excluding carboxylic acids is 1. The Hall–Kier alpha value is -1.47. The van der Waals surface area contributed by atoms with Gasteiger partial charge in [0.25, 0.3) is 6.26 Å². The third kappa shape index (κ3) is 7.19. The second-order valence-electron chi connectivity index (χ2n) is 2.59. The van der Waals surface area contributed by atoms with E-state index in [1.807, 2.05) is 0 Å². The standard InChI is InChI=1S/C8H10F2N2O2/c9-7(1-2-14-5-11)3-8(10)4-12-6-13/h7-8H,1-4H2. The number of alkyl halides is 2. The molecular weight excluding hydrogens is 194 g/mol. The molecule has 78 valence electrons. The Balaban J connectivity index is 3.55. The Morgan fingerprint density at radius 3 is 2.71 bits per heavy atom. The Labute approximate surface area is 80.2 Å². The number of hydrogen-bond donors (Lipinski definition) is 0. The van der Waals surface area contributed by atoms with E-state index in [0.29, 0.717) is 0 Å². The minimum Gasteiger partial charge on any atom is -0.427 e. The van der Waals surface area contributed by atoms with E-state index in [9.17, 15) is 13.6 Å². The van der Waals surface area contributed by atoms with Gasteiger partial charge in [-0.1, -0.05) is 0 Å². The smallest absolute Gasteiger partial charge is 0.286 e. The lowest BCUT2D eigenvalue weighted by Crippen LogP contribution is -2.14. The van der Waals surface area contributed by atoms with Gasteiger partial charge in [0.15, 0.2) is 0 Å². The van der Waals surface area contributed by atoms with Crippen LogP contribution in [0.4, 0.5) is 8.78 Å². The maximum Gasteiger partial charge on any atom is 0.286 e. The lowest BCUT2D eigenvalue weighted by molar-refractivity contribution is 0.172. The highest BCUT2D eigenvalue weighted by atomic mass is 19.1. The number of ether oxygens (including phenoxy) is 1. The first-order valence-corrected chi connectivity index (χ1v) is 4.03. The first-order chi connectivity index (χ1) is 6.70. The summed E-state index contributed by atoms with van der Waals surface area (Å²) in [5.74, 6) is 0. The number of rotatable bonds is 7. The minimum absolute atomic E-state index is 0.0429. The van der Waals surface area contributed by atoms with Gasteiger partial charge in [0.05, 0.1) is 6.54 Å². The summed E-state index contributed by atoms with van der Waals surface area (Å²) in [5.41, 5.74) is 0. The second-order valence-corrected chi connectivity index (χ2v) is 2.59. The van der Waals surface area contributed by atoms with Gasteiger partial charge in [-0.25, -0.2) is 18.6 Å². The van der Waals surface area contributed by atoms with Crippen molar-refractivity contribution in [3.63, 3.8) is 0 Å². The molecule has 14 heavy (non-hydrogen) atoms. The van der Waals surface area contributed by atoms with Gasteiger partial charge in [0.2, 0.25) is 6.08 Å². The lowest BCUT2D eigenvalue weighted by atomic mass is 10.1. The van der Waals surface area contributed by atoms with Gasteiger partial charge in [-0.3, -0.25) is 0 Å². The molecule has 0 aromatic heterocycles. The van der Waals surface area contributed by atoms with Crippen LogP contribution in [0.15, 0.2) is 4.99 Å². The van der Waals surface area contributed by atoms with Gasteiger partial charge in [0, 0.05) is 12.8 Å². The van der Waals surface area contributed by atoms with Crippen molar-refractivity contribution in [3.05, 3.63) is 0 Å². The summed E-state index contributed by atoms with van der Waals surface area (Å²) in [6.45, 7) is -0.440. The quantitative estimate of drug-likeness (QED) is 0.271. The van der Waals surface area contributed by atoms with E-state index in [0.717, 1.165) is 0 Å². The highest BCUT2D eigenvalue weighted by Gasteiger charge is 2.14. The van der Waals surface area contributed by atoms with Crippen LogP contribution < -0.4 is 0 Å². The molecule has 2 unspecified atom stereocenters. The largest absolute Gasteiger partial charge is 0.427 e. The molecule has 0 amide bonds. The summed E-state index contributed by atoms with van der Waals surface area (Å²) in [6, 6.07) is 0. The molecule has 0 heterocycles. The fourth-order valence-corrected chi connectivity index (χ4v) is 0.839. The third-order valence-corrected chi connectivity index (χ3v) is 1.46. The predicted octanol–water partition coefficient (Wildman–Crippen LogP) is 1.28. The maximum atomic E-state index is 12.8. The molecule has 0 bridgehead atoms. The molecule has 0 rings (SSSR count). The zero-order valence-corrected chi connectivity index (χ0v) is 7.45. The van der Waals surface area contributed by atoms with Gasteiger partial charge in [0.1, 0.15) is 19.0 Å². The topological polar surface area (TPSA) is 62.4 Å². The van der Waals surface area contributed by atoms with Gasteiger partial charge in [-0.05, 0) is 0 Å². The Bertz CT molecular complexity index is 236. The molecule has 0 aliphatic heterocycles. The van der Waals surface area contributed by atoms with Gasteiger partial charge in [-0.15, -0.1) is 0 Å². The van der Waals surface area contributed by atoms with Crippen LogP contribution in [0, 0.1) is 11.5 Å². The summed E-state index contributed by atoms with van der Waals surface area (Å²) in [4.78, 5) is 12.6. The molecule has 2 atom stereocenters. The Morgan fingerprint density at radius 1 is 1.43 bits per heavy atom. The van der Waals surface area contributed by atoms with Crippen molar-refractivity contribution in [2.75, 3.05) is 13.2 Å². The monoisotopic (exact) mass is 204 g/mol. The number of aliphatic imine (C=N–C) groups is 1. The average molecular weight is 204 g/mol. The second kappa shape index (κ2) is 8.14. The highest BCUT2D eigenvalue weighted by Crippen LogP contribution is 2.10. The number of isocyanates is 1. The van der Waals surface area contributed by atoms with E-state index < -0.39 is 12.3 Å². The SMILES string of the molecule is N#COCCC(F)CC(F)CN=C=O. The molecule has 6 heteroatoms. The van der Waals surface area contributed by atoms with E-state index >= 15 is 0 Å². The van der Waals surface area contributed by atoms with Crippen LogP contribution in [0.2, 0.25) is 0 Å². The van der Waals surface area contributed by atoms with Gasteiger partial charge < -0.3 is 4.74 Å². The van der Waals surface area contributed by atoms with E-state index in [2.05, 4.69) is 9.73 Å². The lowest BCUT2D eigenvalue weighted by Gasteiger charge is -2.08. The molecule has 0 fully saturated rings. The predicted molar refractivity (Wildman–Crippen MR) is 43.6 cm³/mol. The zero-order valence-electron chi connectivity index (χ0n) is 7.45. The third-order valence-electron chi connectivity index (χ3n) is 1.46. The molecule has 0 N–H and O–H groups in total. The Morgan fingerprint density at radius 2 is 2.14 bits per heavy atom. The molecule has 4 nitrogen and oxygen atoms in total. The number of hydrogen-bond acceptors (Lipinski definition) is 4. The van der Waals surface area contributed by atoms with Gasteiger partial charge >= 0.3 is 0 Å². The summed E-state index contributed by atoms with van der Waals surface area (Å²) < 4.78 is 29.8. The molecule has 0 saturated carbocycles. The molecular formula is C8H10F2N2O2. The van der Waals surface area contributed by atoms with Crippen molar-refractivity contribution in [2.24, 2.45) is 4.99 Å². The van der Waals surface area contributed by atoms with E-state index in [4.69, 9.17) is 5.26 Å². The molecule has 0 radical (unpaired) electrons. The normalized spacial score (nSPS) is 13.5. The molecule has 0 spiro atoms. The molecule has 0 aliphatic rings. The van der Waals surface area contributed by atoms with Crippen molar-refractivity contribution in [2.45, 2.75) is 25.2 Å². The number of halogens is 2. The summed E-state index contributed by atoms with van der Waals surface area (Å²) in [6.07, 6.45) is -0.722. The van der Waals surface area contributed by atoms with Crippen molar-refractivity contribution in [1.82, 2.24) is 0 Å². The first-order valence-electron chi connectivity index (χ1n) is 4.03. The summed E-state index contributed by atoms with van der Waals surface area (Å²) in [5, 5.41) is 7.95. The highest BCUT2D eigenvalue weighted by molar-refractivity contribution is 5.32. The molecule has 0 aliphatic carbocycles. The number of nitriles is 1. The summed E-state index contributed by atoms with van der Waals surface area (Å²) >= 11 is 0. The summed E-state index contributed by atoms with van der Waals surface area (Å²) in [7, 11) is 0. The van der Waals surface area contributed by atoms with Crippen LogP contribution in [0.3, 0.4) is 0 Å². The van der Waals surface area contributed by atoms with Crippen LogP contribution >= 0.6 is 0 Å². The van der Waals surface area contributed by atoms with Crippen molar-refractivity contribution in [1.29, 1.82) is 5.26 Å². The average Bonchev–Trinajstić information content (AvgIpc) is 2.15. The van der Waals surface area contributed by atoms with Gasteiger partial charge in [-0.2, -0.15) is 5.26 Å². The molecule has 0 aromatic carbocycles. The first kappa shape index (κ1) is 12.5. The fraction of sp³-hybridized carbons (Fsp3) is 0.750. The van der Waals surface area contributed by atoms with Crippen LogP contribution in [0.5, 0.6) is 0 Å².